The molecule has 2 N–H and O–H groups in total. The number of amides is 2. The molecular formula is C24H31ClN2O5. The van der Waals surface area contributed by atoms with Crippen molar-refractivity contribution in [1.29, 1.82) is 0 Å². The van der Waals surface area contributed by atoms with E-state index in [1.807, 2.05) is 26.0 Å². The molecule has 0 bridgehead atoms. The number of nitrogens with one attached hydrogen (secondary N) is 2. The van der Waals surface area contributed by atoms with Gasteiger partial charge in [-0.2, -0.15) is 0 Å². The first-order valence-corrected chi connectivity index (χ1v) is 10.9. The number of halogens is 1. The van der Waals surface area contributed by atoms with Crippen molar-refractivity contribution >= 4 is 23.4 Å². The molecule has 1 atom stereocenters. The summed E-state index contributed by atoms with van der Waals surface area (Å²) in [7, 11) is 3.03. The van der Waals surface area contributed by atoms with Gasteiger partial charge in [-0.05, 0) is 55.2 Å². The highest BCUT2D eigenvalue weighted by molar-refractivity contribution is 6.30. The minimum Gasteiger partial charge on any atom is -0.497 e. The molecule has 0 unspecified atom stereocenters. The van der Waals surface area contributed by atoms with Gasteiger partial charge in [-0.1, -0.05) is 25.4 Å². The largest absolute Gasteiger partial charge is 0.497 e. The average Bonchev–Trinajstić information content (AvgIpc) is 2.79. The molecule has 174 valence electrons. The monoisotopic (exact) mass is 462 g/mol. The summed E-state index contributed by atoms with van der Waals surface area (Å²) >= 11 is 5.85. The van der Waals surface area contributed by atoms with Crippen LogP contribution in [0.2, 0.25) is 5.02 Å². The maximum atomic E-state index is 12.7. The highest BCUT2D eigenvalue weighted by Gasteiger charge is 2.24. The lowest BCUT2D eigenvalue weighted by atomic mass is 10.0. The second-order valence-electron chi connectivity index (χ2n) is 7.60. The molecule has 2 aromatic carbocycles. The molecule has 0 aliphatic rings. The van der Waals surface area contributed by atoms with Crippen LogP contribution in [0.15, 0.2) is 42.5 Å². The first-order valence-electron chi connectivity index (χ1n) is 10.5. The third-order valence-corrected chi connectivity index (χ3v) is 5.05. The van der Waals surface area contributed by atoms with E-state index in [1.54, 1.807) is 30.3 Å². The van der Waals surface area contributed by atoms with Crippen LogP contribution in [0.1, 0.15) is 37.0 Å². The first kappa shape index (κ1) is 25.3. The van der Waals surface area contributed by atoms with E-state index in [9.17, 15) is 9.59 Å². The fourth-order valence-corrected chi connectivity index (χ4v) is 3.09. The Morgan fingerprint density at radius 3 is 2.12 bits per heavy atom. The maximum Gasteiger partial charge on any atom is 0.252 e. The quantitative estimate of drug-likeness (QED) is 0.464. The zero-order valence-electron chi connectivity index (χ0n) is 18.9. The summed E-state index contributed by atoms with van der Waals surface area (Å²) in [6, 6.07) is 11.4. The lowest BCUT2D eigenvalue weighted by Gasteiger charge is -2.22. The van der Waals surface area contributed by atoms with E-state index >= 15 is 0 Å². The molecule has 2 aromatic rings. The number of carbonyl (C=O) groups is 2. The molecule has 8 heteroatoms. The predicted molar refractivity (Wildman–Crippen MR) is 125 cm³/mol. The molecule has 0 saturated heterocycles. The third kappa shape index (κ3) is 7.96. The van der Waals surface area contributed by atoms with E-state index in [0.29, 0.717) is 35.2 Å². The molecule has 0 radical (unpaired) electrons. The summed E-state index contributed by atoms with van der Waals surface area (Å²) in [5.74, 6) is 1.09. The zero-order chi connectivity index (χ0) is 23.5. The first-order chi connectivity index (χ1) is 15.3. The maximum absolute atomic E-state index is 12.7. The standard InChI is InChI=1S/C24H31ClN2O5/c1-16(2)22(27-23(28)17-13-20(30-3)15-21(14-17)31-4)24(29)26-11-5-6-12-32-19-9-7-18(25)8-10-19/h7-10,13-16,22H,5-6,11-12H2,1-4H3,(H,26,29)(H,27,28)/t22-/m1/s1. The summed E-state index contributed by atoms with van der Waals surface area (Å²) < 4.78 is 16.1. The summed E-state index contributed by atoms with van der Waals surface area (Å²) in [6.07, 6.45) is 1.54. The number of ether oxygens (including phenoxy) is 3. The Morgan fingerprint density at radius 1 is 0.938 bits per heavy atom. The molecule has 2 rings (SSSR count). The van der Waals surface area contributed by atoms with Gasteiger partial charge in [-0.15, -0.1) is 0 Å². The summed E-state index contributed by atoms with van der Waals surface area (Å²) in [4.78, 5) is 25.4. The van der Waals surface area contributed by atoms with E-state index in [4.69, 9.17) is 25.8 Å². The number of unbranched alkanes of at least 4 members (excludes halogenated alkanes) is 1. The van der Waals surface area contributed by atoms with Crippen molar-refractivity contribution in [2.75, 3.05) is 27.4 Å². The molecule has 0 fully saturated rings. The normalized spacial score (nSPS) is 11.6. The van der Waals surface area contributed by atoms with Crippen molar-refractivity contribution < 1.29 is 23.8 Å². The predicted octanol–water partition coefficient (Wildman–Crippen LogP) is 4.09. The minimum absolute atomic E-state index is 0.0836. The lowest BCUT2D eigenvalue weighted by molar-refractivity contribution is -0.123. The number of methoxy groups -OCH3 is 2. The van der Waals surface area contributed by atoms with Gasteiger partial charge in [0, 0.05) is 23.2 Å². The topological polar surface area (TPSA) is 85.9 Å². The van der Waals surface area contributed by atoms with Gasteiger partial charge in [0.15, 0.2) is 0 Å². The molecule has 7 nitrogen and oxygen atoms in total. The summed E-state index contributed by atoms with van der Waals surface area (Å²) in [5, 5.41) is 6.38. The molecular weight excluding hydrogens is 432 g/mol. The van der Waals surface area contributed by atoms with Gasteiger partial charge in [0.2, 0.25) is 5.91 Å². The van der Waals surface area contributed by atoms with E-state index in [2.05, 4.69) is 10.6 Å². The Morgan fingerprint density at radius 2 is 1.56 bits per heavy atom. The van der Waals surface area contributed by atoms with E-state index in [0.717, 1.165) is 18.6 Å². The Hall–Kier alpha value is -2.93. The van der Waals surface area contributed by atoms with E-state index in [1.165, 1.54) is 14.2 Å². The van der Waals surface area contributed by atoms with Crippen LogP contribution in [0.25, 0.3) is 0 Å². The molecule has 0 aliphatic carbocycles. The van der Waals surface area contributed by atoms with Gasteiger partial charge in [0.05, 0.1) is 20.8 Å². The highest BCUT2D eigenvalue weighted by Crippen LogP contribution is 2.22. The van der Waals surface area contributed by atoms with E-state index < -0.39 is 6.04 Å². The molecule has 32 heavy (non-hydrogen) atoms. The Kier molecular flexibility index (Phi) is 10.1. The average molecular weight is 463 g/mol. The fraction of sp³-hybridized carbons (Fsp3) is 0.417. The van der Waals surface area contributed by atoms with Gasteiger partial charge >= 0.3 is 0 Å². The zero-order valence-corrected chi connectivity index (χ0v) is 19.7. The van der Waals surface area contributed by atoms with Crippen LogP contribution in [-0.2, 0) is 4.79 Å². The van der Waals surface area contributed by atoms with Crippen LogP contribution in [-0.4, -0.2) is 45.2 Å². The van der Waals surface area contributed by atoms with Crippen LogP contribution >= 0.6 is 11.6 Å². The van der Waals surface area contributed by atoms with Crippen molar-refractivity contribution in [2.45, 2.75) is 32.7 Å². The minimum atomic E-state index is -0.662. The van der Waals surface area contributed by atoms with Crippen molar-refractivity contribution in [3.63, 3.8) is 0 Å². The number of benzene rings is 2. The van der Waals surface area contributed by atoms with Gasteiger partial charge in [-0.3, -0.25) is 9.59 Å². The van der Waals surface area contributed by atoms with Crippen LogP contribution < -0.4 is 24.8 Å². The molecule has 0 heterocycles. The van der Waals surface area contributed by atoms with Gasteiger partial charge in [0.25, 0.3) is 5.91 Å². The molecule has 0 saturated carbocycles. The van der Waals surface area contributed by atoms with Crippen molar-refractivity contribution in [3.8, 4) is 17.2 Å². The number of carbonyl (C=O) groups excluding carboxylic acids is 2. The number of rotatable bonds is 12. The molecule has 0 spiro atoms. The Bertz CT molecular complexity index is 864. The summed E-state index contributed by atoms with van der Waals surface area (Å²) in [5.41, 5.74) is 0.360. The molecule has 0 aliphatic heterocycles. The fourth-order valence-electron chi connectivity index (χ4n) is 2.97. The lowest BCUT2D eigenvalue weighted by Crippen LogP contribution is -2.49. The second kappa shape index (κ2) is 12.8. The number of hydrogen-bond acceptors (Lipinski definition) is 5. The van der Waals surface area contributed by atoms with Gasteiger partial charge in [-0.25, -0.2) is 0 Å². The Labute approximate surface area is 194 Å². The smallest absolute Gasteiger partial charge is 0.252 e. The third-order valence-electron chi connectivity index (χ3n) is 4.80. The van der Waals surface area contributed by atoms with Crippen molar-refractivity contribution in [1.82, 2.24) is 10.6 Å². The molecule has 2 amide bonds. The Balaban J connectivity index is 1.81. The van der Waals surface area contributed by atoms with E-state index in [-0.39, 0.29) is 17.7 Å². The van der Waals surface area contributed by atoms with Crippen LogP contribution in [0.4, 0.5) is 0 Å². The van der Waals surface area contributed by atoms with Gasteiger partial charge < -0.3 is 24.8 Å². The van der Waals surface area contributed by atoms with Gasteiger partial charge in [0.1, 0.15) is 23.3 Å². The van der Waals surface area contributed by atoms with Crippen LogP contribution in [0.3, 0.4) is 0 Å². The summed E-state index contributed by atoms with van der Waals surface area (Å²) in [6.45, 7) is 4.81. The second-order valence-corrected chi connectivity index (χ2v) is 8.03. The SMILES string of the molecule is COc1cc(OC)cc(C(=O)N[C@@H](C(=O)NCCCCOc2ccc(Cl)cc2)C(C)C)c1. The van der Waals surface area contributed by atoms with Crippen LogP contribution in [0, 0.1) is 5.92 Å². The number of hydrogen-bond donors (Lipinski definition) is 2. The molecule has 0 aromatic heterocycles. The van der Waals surface area contributed by atoms with Crippen molar-refractivity contribution in [3.05, 3.63) is 53.1 Å². The van der Waals surface area contributed by atoms with Crippen LogP contribution in [0.5, 0.6) is 17.2 Å². The van der Waals surface area contributed by atoms with Crippen molar-refractivity contribution in [2.24, 2.45) is 5.92 Å². The highest BCUT2D eigenvalue weighted by atomic mass is 35.5.